The number of aromatic amines is 1. The summed E-state index contributed by atoms with van der Waals surface area (Å²) in [6, 6.07) is 10.9. The van der Waals surface area contributed by atoms with Gasteiger partial charge in [-0.2, -0.15) is 0 Å². The van der Waals surface area contributed by atoms with Gasteiger partial charge in [-0.15, -0.1) is 0 Å². The van der Waals surface area contributed by atoms with Gasteiger partial charge in [0.05, 0.1) is 10.5 Å². The number of rotatable bonds is 2. The van der Waals surface area contributed by atoms with E-state index in [4.69, 9.17) is 17.3 Å². The predicted molar refractivity (Wildman–Crippen MR) is 82.8 cm³/mol. The molecule has 1 heterocycles. The number of carbonyl (C=O) groups is 1. The van der Waals surface area contributed by atoms with Gasteiger partial charge in [0.15, 0.2) is 0 Å². The highest BCUT2D eigenvalue weighted by molar-refractivity contribution is 9.10. The van der Waals surface area contributed by atoms with E-state index < -0.39 is 5.91 Å². The summed E-state index contributed by atoms with van der Waals surface area (Å²) >= 11 is 9.52. The molecule has 0 atom stereocenters. The molecule has 6 heteroatoms. The molecular formula is C14H9BrClN3O. The Morgan fingerprint density at radius 1 is 1.25 bits per heavy atom. The van der Waals surface area contributed by atoms with Crippen LogP contribution in [0.2, 0.25) is 5.02 Å². The Labute approximate surface area is 128 Å². The first-order valence-corrected chi connectivity index (χ1v) is 6.97. The second-order valence-corrected chi connectivity index (χ2v) is 5.63. The number of nitrogens with two attached hydrogens (primary N) is 1. The van der Waals surface area contributed by atoms with Gasteiger partial charge in [0.1, 0.15) is 11.3 Å². The largest absolute Gasteiger partial charge is 0.366 e. The third kappa shape index (κ3) is 2.30. The number of nitrogens with zero attached hydrogens (tertiary/aromatic N) is 1. The van der Waals surface area contributed by atoms with E-state index in [2.05, 4.69) is 25.9 Å². The summed E-state index contributed by atoms with van der Waals surface area (Å²) in [6.07, 6.45) is 0. The average Bonchev–Trinajstić information content (AvgIpc) is 2.84. The van der Waals surface area contributed by atoms with Gasteiger partial charge in [-0.25, -0.2) is 4.98 Å². The highest BCUT2D eigenvalue weighted by atomic mass is 79.9. The summed E-state index contributed by atoms with van der Waals surface area (Å²) in [6.45, 7) is 0. The lowest BCUT2D eigenvalue weighted by atomic mass is 10.2. The van der Waals surface area contributed by atoms with Crippen molar-refractivity contribution in [3.63, 3.8) is 0 Å². The van der Waals surface area contributed by atoms with E-state index >= 15 is 0 Å². The molecule has 0 spiro atoms. The van der Waals surface area contributed by atoms with Gasteiger partial charge in [0.25, 0.3) is 0 Å². The molecule has 20 heavy (non-hydrogen) atoms. The first-order chi connectivity index (χ1) is 9.54. The Balaban J connectivity index is 2.17. The zero-order valence-electron chi connectivity index (χ0n) is 10.2. The highest BCUT2D eigenvalue weighted by Crippen LogP contribution is 2.27. The number of fused-ring (bicyclic) bond motifs is 1. The molecule has 2 aromatic carbocycles. The Kier molecular flexibility index (Phi) is 3.23. The molecule has 0 bridgehead atoms. The van der Waals surface area contributed by atoms with Crippen LogP contribution in [0.25, 0.3) is 22.4 Å². The number of hydrogen-bond donors (Lipinski definition) is 2. The minimum Gasteiger partial charge on any atom is -0.366 e. The summed E-state index contributed by atoms with van der Waals surface area (Å²) in [5.41, 5.74) is 7.86. The second kappa shape index (κ2) is 4.92. The summed E-state index contributed by atoms with van der Waals surface area (Å²) in [4.78, 5) is 18.8. The summed E-state index contributed by atoms with van der Waals surface area (Å²) < 4.78 is 0.992. The van der Waals surface area contributed by atoms with E-state index in [0.29, 0.717) is 27.4 Å². The van der Waals surface area contributed by atoms with E-state index in [1.807, 2.05) is 24.3 Å². The normalized spacial score (nSPS) is 10.9. The van der Waals surface area contributed by atoms with Crippen LogP contribution in [-0.2, 0) is 0 Å². The van der Waals surface area contributed by atoms with Crippen LogP contribution in [0, 0.1) is 0 Å². The monoisotopic (exact) mass is 349 g/mol. The molecule has 0 unspecified atom stereocenters. The number of H-pyrrole nitrogens is 1. The molecule has 1 amide bonds. The smallest absolute Gasteiger partial charge is 0.248 e. The first-order valence-electron chi connectivity index (χ1n) is 5.79. The molecule has 4 nitrogen and oxygen atoms in total. The number of halogens is 2. The lowest BCUT2D eigenvalue weighted by Gasteiger charge is -1.97. The maximum Gasteiger partial charge on any atom is 0.248 e. The van der Waals surface area contributed by atoms with Crippen molar-refractivity contribution >= 4 is 44.5 Å². The summed E-state index contributed by atoms with van der Waals surface area (Å²) in [5, 5.41) is 0.399. The van der Waals surface area contributed by atoms with Crippen molar-refractivity contribution in [1.82, 2.24) is 9.97 Å². The Bertz CT molecular complexity index is 811. The topological polar surface area (TPSA) is 71.8 Å². The van der Waals surface area contributed by atoms with Gasteiger partial charge in [-0.1, -0.05) is 39.7 Å². The van der Waals surface area contributed by atoms with E-state index in [9.17, 15) is 4.79 Å². The number of nitrogens with one attached hydrogen (secondary N) is 1. The minimum absolute atomic E-state index is 0.355. The molecule has 100 valence electrons. The van der Waals surface area contributed by atoms with Crippen LogP contribution < -0.4 is 5.73 Å². The van der Waals surface area contributed by atoms with Gasteiger partial charge in [-0.05, 0) is 24.3 Å². The van der Waals surface area contributed by atoms with Gasteiger partial charge in [0, 0.05) is 15.6 Å². The molecule has 3 aromatic rings. The molecule has 0 saturated heterocycles. The third-order valence-corrected chi connectivity index (χ3v) is 3.76. The fraction of sp³-hybridized carbons (Fsp3) is 0. The molecule has 0 aliphatic heterocycles. The van der Waals surface area contributed by atoms with E-state index in [0.717, 1.165) is 10.0 Å². The van der Waals surface area contributed by atoms with Gasteiger partial charge >= 0.3 is 0 Å². The molecule has 0 aliphatic rings. The average molecular weight is 351 g/mol. The third-order valence-electron chi connectivity index (χ3n) is 2.94. The van der Waals surface area contributed by atoms with Crippen molar-refractivity contribution in [3.8, 4) is 11.4 Å². The molecule has 3 rings (SSSR count). The Hall–Kier alpha value is -1.85. The lowest BCUT2D eigenvalue weighted by Crippen LogP contribution is -2.10. The first kappa shape index (κ1) is 13.1. The fourth-order valence-electron chi connectivity index (χ4n) is 1.96. The van der Waals surface area contributed by atoms with Crippen molar-refractivity contribution in [1.29, 1.82) is 0 Å². The maximum absolute atomic E-state index is 11.2. The highest BCUT2D eigenvalue weighted by Gasteiger charge is 2.11. The quantitative estimate of drug-likeness (QED) is 0.739. The number of benzene rings is 2. The van der Waals surface area contributed by atoms with Crippen molar-refractivity contribution < 1.29 is 4.79 Å². The Morgan fingerprint density at radius 3 is 2.60 bits per heavy atom. The van der Waals surface area contributed by atoms with Gasteiger partial charge < -0.3 is 10.7 Å². The lowest BCUT2D eigenvalue weighted by molar-refractivity contribution is 0.100. The maximum atomic E-state index is 11.2. The van der Waals surface area contributed by atoms with Crippen LogP contribution in [0.3, 0.4) is 0 Å². The van der Waals surface area contributed by atoms with Crippen molar-refractivity contribution in [2.75, 3.05) is 0 Å². The number of carbonyl (C=O) groups excluding carboxylic acids is 1. The molecule has 0 saturated carbocycles. The summed E-state index contributed by atoms with van der Waals surface area (Å²) in [5.74, 6) is 0.171. The van der Waals surface area contributed by atoms with Crippen LogP contribution >= 0.6 is 27.5 Å². The zero-order valence-corrected chi connectivity index (χ0v) is 12.5. The molecule has 1 aromatic heterocycles. The van der Waals surface area contributed by atoms with Crippen molar-refractivity contribution in [2.45, 2.75) is 0 Å². The standard InChI is InChI=1S/C14H9BrClN3O/c15-9-3-1-7(2-4-9)14-18-11-6-8(13(17)20)5-10(16)12(11)19-14/h1-6H,(H2,17,20)(H,18,19). The van der Waals surface area contributed by atoms with E-state index in [-0.39, 0.29) is 0 Å². The molecule has 0 fully saturated rings. The van der Waals surface area contributed by atoms with Crippen molar-refractivity contribution in [2.24, 2.45) is 5.73 Å². The number of hydrogen-bond acceptors (Lipinski definition) is 2. The van der Waals surface area contributed by atoms with Crippen LogP contribution in [0.15, 0.2) is 40.9 Å². The van der Waals surface area contributed by atoms with Crippen molar-refractivity contribution in [3.05, 3.63) is 51.5 Å². The molecular weight excluding hydrogens is 342 g/mol. The second-order valence-electron chi connectivity index (χ2n) is 4.31. The van der Waals surface area contributed by atoms with Crippen LogP contribution in [0.1, 0.15) is 10.4 Å². The van der Waals surface area contributed by atoms with Crippen LogP contribution in [0.4, 0.5) is 0 Å². The SMILES string of the molecule is NC(=O)c1cc(Cl)c2nc(-c3ccc(Br)cc3)[nH]c2c1. The number of imidazole rings is 1. The van der Waals surface area contributed by atoms with E-state index in [1.165, 1.54) is 6.07 Å². The zero-order chi connectivity index (χ0) is 14.3. The van der Waals surface area contributed by atoms with Gasteiger partial charge in [-0.3, -0.25) is 4.79 Å². The number of primary amides is 1. The molecule has 0 aliphatic carbocycles. The number of aromatic nitrogens is 2. The Morgan fingerprint density at radius 2 is 1.95 bits per heavy atom. The number of amides is 1. The van der Waals surface area contributed by atoms with Crippen LogP contribution in [0.5, 0.6) is 0 Å². The van der Waals surface area contributed by atoms with E-state index in [1.54, 1.807) is 6.07 Å². The molecule has 0 radical (unpaired) electrons. The molecule has 3 N–H and O–H groups in total. The minimum atomic E-state index is -0.520. The fourth-order valence-corrected chi connectivity index (χ4v) is 2.49. The van der Waals surface area contributed by atoms with Gasteiger partial charge in [0.2, 0.25) is 5.91 Å². The van der Waals surface area contributed by atoms with Crippen LogP contribution in [-0.4, -0.2) is 15.9 Å². The summed E-state index contributed by atoms with van der Waals surface area (Å²) in [7, 11) is 0. The predicted octanol–water partition coefficient (Wildman–Crippen LogP) is 3.74.